The molecule has 2 bridgehead atoms. The van der Waals surface area contributed by atoms with Crippen LogP contribution >= 0.6 is 23.1 Å². The topological polar surface area (TPSA) is 70.2 Å². The molecule has 2 aliphatic heterocycles. The summed E-state index contributed by atoms with van der Waals surface area (Å²) in [6.45, 7) is 2.08. The van der Waals surface area contributed by atoms with Crippen molar-refractivity contribution in [3.8, 4) is 0 Å². The second-order valence-corrected chi connectivity index (χ2v) is 11.9. The minimum Gasteiger partial charge on any atom is -0.307 e. The predicted octanol–water partition coefficient (Wildman–Crippen LogP) is 4.42. The Morgan fingerprint density at radius 1 is 0.909 bits per heavy atom. The monoisotopic (exact) mass is 474 g/mol. The molecule has 2 amide bonds. The average molecular weight is 475 g/mol. The number of imide groups is 1. The van der Waals surface area contributed by atoms with Gasteiger partial charge in [0.1, 0.15) is 0 Å². The number of aryl methyl sites for hydroxylation is 1. The summed E-state index contributed by atoms with van der Waals surface area (Å²) in [6, 6.07) is 17.9. The zero-order chi connectivity index (χ0) is 22.4. The van der Waals surface area contributed by atoms with Crippen molar-refractivity contribution in [1.29, 1.82) is 0 Å². The predicted molar refractivity (Wildman–Crippen MR) is 129 cm³/mol. The van der Waals surface area contributed by atoms with Crippen LogP contribution in [0.5, 0.6) is 0 Å². The Bertz CT molecular complexity index is 1350. The van der Waals surface area contributed by atoms with Gasteiger partial charge in [0.05, 0.1) is 22.5 Å². The van der Waals surface area contributed by atoms with Gasteiger partial charge >= 0.3 is 4.87 Å². The minimum atomic E-state index is -0.255. The van der Waals surface area contributed by atoms with E-state index in [2.05, 4.69) is 36.2 Å². The third-order valence-electron chi connectivity index (χ3n) is 8.17. The van der Waals surface area contributed by atoms with Gasteiger partial charge in [-0.1, -0.05) is 59.4 Å². The first-order valence-electron chi connectivity index (χ1n) is 11.4. The highest BCUT2D eigenvalue weighted by molar-refractivity contribution is 8.00. The van der Waals surface area contributed by atoms with Gasteiger partial charge in [-0.3, -0.25) is 19.3 Å². The van der Waals surface area contributed by atoms with Crippen LogP contribution in [-0.4, -0.2) is 22.0 Å². The first-order chi connectivity index (χ1) is 16.0. The molecule has 1 N–H and O–H groups in total. The number of carbonyl (C=O) groups excluding carboxylic acids is 2. The molecule has 1 aromatic heterocycles. The molecule has 7 atom stereocenters. The number of nitrogens with one attached hydrogen (secondary N) is 1. The van der Waals surface area contributed by atoms with Crippen molar-refractivity contribution in [3.05, 3.63) is 80.3 Å². The number of nitrogens with zero attached hydrogens (tertiary/aromatic N) is 1. The summed E-state index contributed by atoms with van der Waals surface area (Å²) in [5.41, 5.74) is 3.08. The van der Waals surface area contributed by atoms with E-state index in [1.165, 1.54) is 27.4 Å². The fourth-order valence-corrected chi connectivity index (χ4v) is 9.88. The maximum atomic E-state index is 13.6. The van der Waals surface area contributed by atoms with Crippen LogP contribution in [0.25, 0.3) is 0 Å². The number of thiazole rings is 1. The van der Waals surface area contributed by atoms with E-state index in [0.29, 0.717) is 5.69 Å². The third kappa shape index (κ3) is 2.63. The van der Waals surface area contributed by atoms with Crippen molar-refractivity contribution in [3.63, 3.8) is 0 Å². The molecule has 7 heteroatoms. The number of H-pyrrole nitrogens is 1. The van der Waals surface area contributed by atoms with E-state index in [1.54, 1.807) is 11.8 Å². The van der Waals surface area contributed by atoms with E-state index >= 15 is 0 Å². The van der Waals surface area contributed by atoms with Gasteiger partial charge in [0.25, 0.3) is 0 Å². The van der Waals surface area contributed by atoms with Crippen LogP contribution in [0.1, 0.15) is 28.3 Å². The molecule has 2 aliphatic carbocycles. The van der Waals surface area contributed by atoms with Gasteiger partial charge in [-0.15, -0.1) is 11.8 Å². The number of benzene rings is 2. The average Bonchev–Trinajstić information content (AvgIpc) is 3.54. The molecule has 3 fully saturated rings. The van der Waals surface area contributed by atoms with Gasteiger partial charge < -0.3 is 4.98 Å². The normalized spacial score (nSPS) is 33.8. The number of aromatic nitrogens is 1. The van der Waals surface area contributed by atoms with Crippen molar-refractivity contribution in [1.82, 2.24) is 4.98 Å². The molecule has 0 spiro atoms. The number of aromatic amines is 1. The van der Waals surface area contributed by atoms with Crippen LogP contribution < -0.4 is 9.77 Å². The van der Waals surface area contributed by atoms with Gasteiger partial charge in [0.15, 0.2) is 0 Å². The number of carbonyl (C=O) groups is 2. The van der Waals surface area contributed by atoms with Crippen LogP contribution in [0.15, 0.2) is 64.4 Å². The molecule has 6 unspecified atom stereocenters. The molecule has 7 rings (SSSR count). The number of fused-ring (bicyclic) bond motifs is 9. The van der Waals surface area contributed by atoms with Gasteiger partial charge in [-0.2, -0.15) is 0 Å². The van der Waals surface area contributed by atoms with Gasteiger partial charge in [-0.25, -0.2) is 0 Å². The van der Waals surface area contributed by atoms with Crippen LogP contribution in [0.2, 0.25) is 0 Å². The van der Waals surface area contributed by atoms with E-state index in [-0.39, 0.29) is 57.4 Å². The molecule has 166 valence electrons. The smallest absolute Gasteiger partial charge is 0.305 e. The second-order valence-electron chi connectivity index (χ2n) is 9.72. The highest BCUT2D eigenvalue weighted by atomic mass is 32.2. The van der Waals surface area contributed by atoms with E-state index < -0.39 is 0 Å². The SMILES string of the molecule is Cc1ccc(C2c3sc(=O)[nH]c3SC3C4CC(C5C(=O)N(c6ccccc6)C(=O)C45)[C@@H]23)cc1. The summed E-state index contributed by atoms with van der Waals surface area (Å²) in [4.78, 5) is 45.1. The van der Waals surface area contributed by atoms with Crippen molar-refractivity contribution in [2.75, 3.05) is 4.90 Å². The van der Waals surface area contributed by atoms with Crippen molar-refractivity contribution in [2.45, 2.75) is 29.5 Å². The van der Waals surface area contributed by atoms with E-state index in [0.717, 1.165) is 16.3 Å². The first-order valence-corrected chi connectivity index (χ1v) is 13.1. The van der Waals surface area contributed by atoms with Crippen molar-refractivity contribution in [2.24, 2.45) is 29.6 Å². The Labute approximate surface area is 199 Å². The Hall–Kier alpha value is -2.64. The van der Waals surface area contributed by atoms with Crippen molar-refractivity contribution < 1.29 is 9.59 Å². The Balaban J connectivity index is 1.34. The molecule has 2 saturated carbocycles. The summed E-state index contributed by atoms with van der Waals surface area (Å²) in [7, 11) is 0. The van der Waals surface area contributed by atoms with Gasteiger partial charge in [0.2, 0.25) is 11.8 Å². The fraction of sp³-hybridized carbons (Fsp3) is 0.346. The third-order valence-corrected chi connectivity index (χ3v) is 10.8. The first kappa shape index (κ1) is 19.8. The number of amides is 2. The number of thioether (sulfide) groups is 1. The van der Waals surface area contributed by atoms with Gasteiger partial charge in [0, 0.05) is 16.0 Å². The zero-order valence-corrected chi connectivity index (χ0v) is 19.6. The summed E-state index contributed by atoms with van der Waals surface area (Å²) in [5.74, 6) is 0.0543. The number of para-hydroxylation sites is 1. The summed E-state index contributed by atoms with van der Waals surface area (Å²) in [6.07, 6.45) is 0.916. The Kier molecular flexibility index (Phi) is 4.16. The largest absolute Gasteiger partial charge is 0.307 e. The summed E-state index contributed by atoms with van der Waals surface area (Å²) < 4.78 is 0. The number of hydrogen-bond donors (Lipinski definition) is 1. The lowest BCUT2D eigenvalue weighted by molar-refractivity contribution is -0.123. The van der Waals surface area contributed by atoms with Crippen LogP contribution in [0.3, 0.4) is 0 Å². The van der Waals surface area contributed by atoms with E-state index in [9.17, 15) is 14.4 Å². The molecule has 4 aliphatic rings. The lowest BCUT2D eigenvalue weighted by Crippen LogP contribution is -2.42. The summed E-state index contributed by atoms with van der Waals surface area (Å²) >= 11 is 3.04. The second kappa shape index (κ2) is 6.93. The van der Waals surface area contributed by atoms with Crippen LogP contribution in [0, 0.1) is 36.5 Å². The van der Waals surface area contributed by atoms with Crippen molar-refractivity contribution >= 4 is 40.6 Å². The molecule has 1 saturated heterocycles. The molecular formula is C26H22N2O3S2. The maximum Gasteiger partial charge on any atom is 0.305 e. The van der Waals surface area contributed by atoms with E-state index in [4.69, 9.17) is 0 Å². The van der Waals surface area contributed by atoms with Gasteiger partial charge in [-0.05, 0) is 48.8 Å². The van der Waals surface area contributed by atoms with E-state index in [1.807, 2.05) is 30.3 Å². The molecule has 2 aromatic carbocycles. The highest BCUT2D eigenvalue weighted by Gasteiger charge is 2.69. The lowest BCUT2D eigenvalue weighted by Gasteiger charge is -2.43. The lowest BCUT2D eigenvalue weighted by atomic mass is 9.68. The molecule has 33 heavy (non-hydrogen) atoms. The molecule has 0 radical (unpaired) electrons. The quantitative estimate of drug-likeness (QED) is 0.558. The molecule has 5 nitrogen and oxygen atoms in total. The number of rotatable bonds is 2. The Morgan fingerprint density at radius 2 is 1.61 bits per heavy atom. The highest BCUT2D eigenvalue weighted by Crippen LogP contribution is 2.68. The maximum absolute atomic E-state index is 13.6. The fourth-order valence-electron chi connectivity index (χ4n) is 7.00. The molecule has 3 heterocycles. The zero-order valence-electron chi connectivity index (χ0n) is 17.9. The van der Waals surface area contributed by atoms with Crippen LogP contribution in [-0.2, 0) is 9.59 Å². The minimum absolute atomic E-state index is 0.0282. The molecule has 3 aromatic rings. The Morgan fingerprint density at radius 3 is 2.33 bits per heavy atom. The van der Waals surface area contributed by atoms with Crippen LogP contribution in [0.4, 0.5) is 5.69 Å². The molecular weight excluding hydrogens is 452 g/mol. The standard InChI is InChI=1S/C26H22N2O3S2/c1-12-7-9-13(10-8-12)17-18-15-11-16(21(18)32-23-22(17)33-26(31)27-23)20-19(15)24(29)28(25(20)30)14-5-3-2-4-6-14/h2-10,15-21H,11H2,1H3,(H,27,31)/t15?,16?,17?,18-,19?,20?,21?/m0/s1. The summed E-state index contributed by atoms with van der Waals surface area (Å²) in [5, 5.41) is 1.19. The number of anilines is 1. The number of hydrogen-bond acceptors (Lipinski definition) is 5.